The van der Waals surface area contributed by atoms with Gasteiger partial charge in [0.15, 0.2) is 0 Å². The maximum Gasteiger partial charge on any atom is 0.104 e. The zero-order valence-corrected chi connectivity index (χ0v) is 8.96. The molecule has 0 aliphatic carbocycles. The van der Waals surface area contributed by atoms with Crippen molar-refractivity contribution < 1.29 is 0 Å². The van der Waals surface area contributed by atoms with E-state index in [-0.39, 0.29) is 0 Å². The highest BCUT2D eigenvalue weighted by Gasteiger charge is 2.11. The van der Waals surface area contributed by atoms with E-state index in [1.165, 1.54) is 0 Å². The van der Waals surface area contributed by atoms with Crippen LogP contribution in [-0.4, -0.2) is 16.9 Å². The number of likely N-dealkylation sites (N-methyl/N-ethyl adjacent to an activating group) is 1. The van der Waals surface area contributed by atoms with E-state index in [0.717, 1.165) is 5.70 Å². The van der Waals surface area contributed by atoms with Crippen molar-refractivity contribution in [2.45, 2.75) is 0 Å². The molecule has 78 valence electrons. The van der Waals surface area contributed by atoms with Gasteiger partial charge in [-0.15, -0.1) is 0 Å². The van der Waals surface area contributed by atoms with Crippen molar-refractivity contribution in [2.24, 2.45) is 0 Å². The molecule has 1 aromatic rings. The summed E-state index contributed by atoms with van der Waals surface area (Å²) in [6.45, 7) is 0. The van der Waals surface area contributed by atoms with Crippen molar-refractivity contribution in [1.29, 1.82) is 5.26 Å². The van der Waals surface area contributed by atoms with E-state index in [2.05, 4.69) is 11.1 Å². The Hall–Kier alpha value is -2.34. The summed E-state index contributed by atoms with van der Waals surface area (Å²) in [5, 5.41) is 9.22. The van der Waals surface area contributed by atoms with Crippen LogP contribution in [0, 0.1) is 11.3 Å². The molecular weight excluding hydrogens is 198 g/mol. The topological polar surface area (TPSA) is 39.9 Å². The lowest BCUT2D eigenvalue weighted by Crippen LogP contribution is -2.12. The minimum Gasteiger partial charge on any atom is -0.350 e. The molecule has 0 unspecified atom stereocenters. The molecular formula is C13H11N3. The fraction of sp³-hybridized carbons (Fsp3) is 0.0769. The number of aromatic nitrogens is 1. The van der Waals surface area contributed by atoms with Crippen molar-refractivity contribution in [1.82, 2.24) is 9.88 Å². The summed E-state index contributed by atoms with van der Waals surface area (Å²) in [5.41, 5.74) is 2.15. The lowest BCUT2D eigenvalue weighted by atomic mass is 10.1. The van der Waals surface area contributed by atoms with Crippen molar-refractivity contribution in [3.05, 3.63) is 60.2 Å². The largest absolute Gasteiger partial charge is 0.350 e. The highest BCUT2D eigenvalue weighted by atomic mass is 15.1. The zero-order valence-electron chi connectivity index (χ0n) is 8.96. The first-order valence-electron chi connectivity index (χ1n) is 4.96. The fourth-order valence-electron chi connectivity index (χ4n) is 1.54. The smallest absolute Gasteiger partial charge is 0.104 e. The van der Waals surface area contributed by atoms with E-state index < -0.39 is 0 Å². The zero-order chi connectivity index (χ0) is 11.4. The summed E-state index contributed by atoms with van der Waals surface area (Å²) in [6.07, 6.45) is 9.35. The van der Waals surface area contributed by atoms with Gasteiger partial charge in [0.1, 0.15) is 11.6 Å². The molecule has 0 saturated carbocycles. The molecule has 0 bridgehead atoms. The third-order valence-corrected chi connectivity index (χ3v) is 2.34. The molecule has 0 aromatic carbocycles. The minimum atomic E-state index is 0.587. The Morgan fingerprint density at radius 2 is 2.25 bits per heavy atom. The monoisotopic (exact) mass is 209 g/mol. The van der Waals surface area contributed by atoms with Gasteiger partial charge in [0.25, 0.3) is 0 Å². The first kappa shape index (κ1) is 10.2. The van der Waals surface area contributed by atoms with Crippen LogP contribution in [0.5, 0.6) is 0 Å². The number of hydrogen-bond donors (Lipinski definition) is 0. The number of hydrogen-bond acceptors (Lipinski definition) is 3. The third-order valence-electron chi connectivity index (χ3n) is 2.34. The molecule has 1 aliphatic heterocycles. The molecule has 2 heterocycles. The van der Waals surface area contributed by atoms with Gasteiger partial charge in [-0.25, -0.2) is 0 Å². The van der Waals surface area contributed by atoms with Gasteiger partial charge < -0.3 is 4.90 Å². The summed E-state index contributed by atoms with van der Waals surface area (Å²) in [6, 6.07) is 7.76. The summed E-state index contributed by atoms with van der Waals surface area (Å²) < 4.78 is 0. The number of rotatable bonds is 1. The van der Waals surface area contributed by atoms with Gasteiger partial charge >= 0.3 is 0 Å². The Morgan fingerprint density at radius 3 is 2.88 bits per heavy atom. The minimum absolute atomic E-state index is 0.587. The van der Waals surface area contributed by atoms with Crippen LogP contribution in [0.25, 0.3) is 5.57 Å². The standard InChI is InChI=1S/C13H11N3/c1-16-9-5-3-7-13(16)11(10-14)12-6-2-4-8-15-12/h2-9H,1H3. The second-order valence-corrected chi connectivity index (χ2v) is 3.40. The third kappa shape index (κ3) is 1.86. The van der Waals surface area contributed by atoms with Crippen molar-refractivity contribution in [3.63, 3.8) is 0 Å². The van der Waals surface area contributed by atoms with Gasteiger partial charge in [-0.2, -0.15) is 5.26 Å². The molecule has 3 heteroatoms. The van der Waals surface area contributed by atoms with Gasteiger partial charge in [-0.1, -0.05) is 12.1 Å². The van der Waals surface area contributed by atoms with Crippen LogP contribution >= 0.6 is 0 Å². The quantitative estimate of drug-likeness (QED) is 0.666. The summed E-state index contributed by atoms with van der Waals surface area (Å²) >= 11 is 0. The number of pyridine rings is 1. The van der Waals surface area contributed by atoms with E-state index in [0.29, 0.717) is 11.3 Å². The van der Waals surface area contributed by atoms with Crippen LogP contribution in [0.2, 0.25) is 0 Å². The van der Waals surface area contributed by atoms with Crippen molar-refractivity contribution in [2.75, 3.05) is 7.05 Å². The molecule has 1 aromatic heterocycles. The molecule has 0 fully saturated rings. The second kappa shape index (κ2) is 4.45. The summed E-state index contributed by atoms with van der Waals surface area (Å²) in [5.74, 6) is 0. The molecule has 0 N–H and O–H groups in total. The maximum atomic E-state index is 9.22. The van der Waals surface area contributed by atoms with Gasteiger partial charge in [0.2, 0.25) is 0 Å². The first-order chi connectivity index (χ1) is 7.83. The number of nitriles is 1. The molecule has 0 spiro atoms. The Labute approximate surface area is 94.6 Å². The van der Waals surface area contributed by atoms with Crippen LogP contribution in [0.15, 0.2) is 54.5 Å². The highest BCUT2D eigenvalue weighted by Crippen LogP contribution is 2.21. The summed E-state index contributed by atoms with van der Waals surface area (Å²) in [7, 11) is 1.91. The van der Waals surface area contributed by atoms with Crippen LogP contribution < -0.4 is 0 Å². The Bertz CT molecular complexity index is 504. The lowest BCUT2D eigenvalue weighted by Gasteiger charge is -2.19. The molecule has 0 radical (unpaired) electrons. The van der Waals surface area contributed by atoms with E-state index in [1.807, 2.05) is 54.6 Å². The SMILES string of the molecule is CN1C=CC=CC1=C(C#N)c1ccccn1. The summed E-state index contributed by atoms with van der Waals surface area (Å²) in [4.78, 5) is 6.10. The van der Waals surface area contributed by atoms with Crippen LogP contribution in [0.4, 0.5) is 0 Å². The van der Waals surface area contributed by atoms with E-state index in [9.17, 15) is 5.26 Å². The molecule has 2 rings (SSSR count). The molecule has 0 amide bonds. The van der Waals surface area contributed by atoms with Gasteiger partial charge in [-0.05, 0) is 24.3 Å². The van der Waals surface area contributed by atoms with Crippen LogP contribution in [-0.2, 0) is 0 Å². The molecule has 1 aliphatic rings. The van der Waals surface area contributed by atoms with Crippen molar-refractivity contribution >= 4 is 5.57 Å². The predicted molar refractivity (Wildman–Crippen MR) is 62.8 cm³/mol. The molecule has 0 saturated heterocycles. The van der Waals surface area contributed by atoms with Crippen LogP contribution in [0.3, 0.4) is 0 Å². The highest BCUT2D eigenvalue weighted by molar-refractivity contribution is 5.79. The average Bonchev–Trinajstić information content (AvgIpc) is 2.34. The van der Waals surface area contributed by atoms with E-state index >= 15 is 0 Å². The predicted octanol–water partition coefficient (Wildman–Crippen LogP) is 2.33. The number of nitrogens with zero attached hydrogens (tertiary/aromatic N) is 3. The van der Waals surface area contributed by atoms with Gasteiger partial charge in [0.05, 0.1) is 11.4 Å². The van der Waals surface area contributed by atoms with Crippen molar-refractivity contribution in [3.8, 4) is 6.07 Å². The molecule has 16 heavy (non-hydrogen) atoms. The van der Waals surface area contributed by atoms with Gasteiger partial charge in [-0.3, -0.25) is 4.98 Å². The van der Waals surface area contributed by atoms with E-state index in [4.69, 9.17) is 0 Å². The Balaban J connectivity index is 2.52. The molecule has 0 atom stereocenters. The lowest BCUT2D eigenvalue weighted by molar-refractivity contribution is 0.587. The van der Waals surface area contributed by atoms with Crippen LogP contribution in [0.1, 0.15) is 5.69 Å². The molecule has 3 nitrogen and oxygen atoms in total. The van der Waals surface area contributed by atoms with Gasteiger partial charge in [0, 0.05) is 19.4 Å². The number of allylic oxidation sites excluding steroid dienone is 4. The Morgan fingerprint density at radius 1 is 1.38 bits per heavy atom. The second-order valence-electron chi connectivity index (χ2n) is 3.40. The van der Waals surface area contributed by atoms with E-state index in [1.54, 1.807) is 6.20 Å². The fourth-order valence-corrected chi connectivity index (χ4v) is 1.54. The maximum absolute atomic E-state index is 9.22. The normalized spacial score (nSPS) is 17.1. The Kier molecular flexibility index (Phi) is 2.84. The average molecular weight is 209 g/mol. The first-order valence-corrected chi connectivity index (χ1v) is 4.96.